The van der Waals surface area contributed by atoms with Crippen molar-refractivity contribution in [3.8, 4) is 5.75 Å². The van der Waals surface area contributed by atoms with Gasteiger partial charge in [-0.1, -0.05) is 0 Å². The number of phenols is 1. The number of fused-ring (bicyclic) bond motifs is 1. The van der Waals surface area contributed by atoms with Crippen molar-refractivity contribution in [2.24, 2.45) is 7.05 Å². The maximum atomic E-state index is 11.1. The van der Waals surface area contributed by atoms with Crippen molar-refractivity contribution in [2.75, 3.05) is 0 Å². The number of nitrogens with zero attached hydrogens (tertiary/aromatic N) is 1. The number of aromatic carboxylic acids is 1. The van der Waals surface area contributed by atoms with E-state index in [-0.39, 0.29) is 11.4 Å². The van der Waals surface area contributed by atoms with E-state index >= 15 is 0 Å². The van der Waals surface area contributed by atoms with Crippen molar-refractivity contribution in [2.45, 2.75) is 6.92 Å². The molecule has 0 unspecified atom stereocenters. The first-order valence-corrected chi connectivity index (χ1v) is 5.43. The molecule has 2 N–H and O–H groups in total. The molecule has 84 valence electrons. The van der Waals surface area contributed by atoms with Crippen LogP contribution in [0.2, 0.25) is 0 Å². The van der Waals surface area contributed by atoms with Gasteiger partial charge in [0.25, 0.3) is 0 Å². The summed E-state index contributed by atoms with van der Waals surface area (Å²) in [5.41, 5.74) is 1.65. The number of carbonyl (C=O) groups is 1. The van der Waals surface area contributed by atoms with Gasteiger partial charge in [0.1, 0.15) is 11.4 Å². The van der Waals surface area contributed by atoms with Crippen molar-refractivity contribution in [1.82, 2.24) is 4.57 Å². The molecule has 0 aliphatic rings. The lowest BCUT2D eigenvalue weighted by molar-refractivity contribution is 0.0686. The molecule has 0 saturated carbocycles. The number of rotatable bonds is 1. The SMILES string of the molecule is Cc1c(C(=O)O)n(C)c2cc(O)c(Br)cc12. The van der Waals surface area contributed by atoms with Crippen LogP contribution in [0, 0.1) is 6.92 Å². The van der Waals surface area contributed by atoms with E-state index in [0.29, 0.717) is 15.6 Å². The summed E-state index contributed by atoms with van der Waals surface area (Å²) in [5.74, 6) is -0.864. The Kier molecular flexibility index (Phi) is 2.42. The van der Waals surface area contributed by atoms with E-state index in [2.05, 4.69) is 15.9 Å². The molecule has 0 fully saturated rings. The van der Waals surface area contributed by atoms with Crippen LogP contribution >= 0.6 is 15.9 Å². The van der Waals surface area contributed by atoms with Gasteiger partial charge < -0.3 is 14.8 Å². The van der Waals surface area contributed by atoms with Gasteiger partial charge in [-0.2, -0.15) is 0 Å². The fourth-order valence-corrected chi connectivity index (χ4v) is 2.28. The number of benzene rings is 1. The van der Waals surface area contributed by atoms with Crippen LogP contribution in [0.1, 0.15) is 16.1 Å². The molecule has 1 aromatic carbocycles. The average molecular weight is 284 g/mol. The topological polar surface area (TPSA) is 62.5 Å². The molecule has 0 aliphatic carbocycles. The largest absolute Gasteiger partial charge is 0.507 e. The first-order chi connectivity index (χ1) is 7.43. The lowest BCUT2D eigenvalue weighted by atomic mass is 10.1. The Balaban J connectivity index is 2.94. The minimum absolute atomic E-state index is 0.102. The molecule has 5 heteroatoms. The molecule has 1 aromatic heterocycles. The number of aromatic nitrogens is 1. The maximum absolute atomic E-state index is 11.1. The lowest BCUT2D eigenvalue weighted by Crippen LogP contribution is -2.05. The molecule has 0 aliphatic heterocycles. The minimum Gasteiger partial charge on any atom is -0.507 e. The van der Waals surface area contributed by atoms with E-state index in [0.717, 1.165) is 5.39 Å². The fraction of sp³-hybridized carbons (Fsp3) is 0.182. The molecule has 0 amide bonds. The van der Waals surface area contributed by atoms with Crippen molar-refractivity contribution in [3.05, 3.63) is 27.9 Å². The second-order valence-electron chi connectivity index (χ2n) is 3.66. The van der Waals surface area contributed by atoms with E-state index in [4.69, 9.17) is 5.11 Å². The van der Waals surface area contributed by atoms with Crippen molar-refractivity contribution >= 4 is 32.8 Å². The molecule has 2 rings (SSSR count). The van der Waals surface area contributed by atoms with Gasteiger partial charge in [0.2, 0.25) is 0 Å². The highest BCUT2D eigenvalue weighted by atomic mass is 79.9. The number of carboxylic acids is 1. The summed E-state index contributed by atoms with van der Waals surface area (Å²) in [7, 11) is 1.67. The zero-order valence-corrected chi connectivity index (χ0v) is 10.4. The van der Waals surface area contributed by atoms with Crippen LogP contribution in [0.15, 0.2) is 16.6 Å². The standard InChI is InChI=1S/C11H10BrNO3/c1-5-6-3-7(12)9(14)4-8(6)13(2)10(5)11(15)16/h3-4,14H,1-2H3,(H,15,16). The summed E-state index contributed by atoms with van der Waals surface area (Å²) in [6.45, 7) is 1.76. The van der Waals surface area contributed by atoms with Gasteiger partial charge in [-0.3, -0.25) is 0 Å². The number of aromatic hydroxyl groups is 1. The summed E-state index contributed by atoms with van der Waals surface area (Å²) in [6.07, 6.45) is 0. The zero-order valence-electron chi connectivity index (χ0n) is 8.78. The van der Waals surface area contributed by atoms with E-state index in [1.807, 2.05) is 0 Å². The molecule has 16 heavy (non-hydrogen) atoms. The van der Waals surface area contributed by atoms with Crippen molar-refractivity contribution < 1.29 is 15.0 Å². The van der Waals surface area contributed by atoms with Crippen molar-refractivity contribution in [3.63, 3.8) is 0 Å². The number of aryl methyl sites for hydroxylation is 2. The van der Waals surface area contributed by atoms with E-state index < -0.39 is 5.97 Å². The summed E-state index contributed by atoms with van der Waals surface area (Å²) in [4.78, 5) is 11.1. The molecule has 0 saturated heterocycles. The normalized spacial score (nSPS) is 10.9. The number of hydrogen-bond donors (Lipinski definition) is 2. The third-order valence-corrected chi connectivity index (χ3v) is 3.36. The van der Waals surface area contributed by atoms with Gasteiger partial charge >= 0.3 is 5.97 Å². The van der Waals surface area contributed by atoms with Crippen LogP contribution in [0.25, 0.3) is 10.9 Å². The van der Waals surface area contributed by atoms with Crippen LogP contribution in [-0.2, 0) is 7.05 Å². The quantitative estimate of drug-likeness (QED) is 0.846. The molecule has 1 heterocycles. The molecule has 0 atom stereocenters. The minimum atomic E-state index is -0.966. The Hall–Kier alpha value is -1.49. The third-order valence-electron chi connectivity index (χ3n) is 2.72. The predicted octanol–water partition coefficient (Wildman–Crippen LogP) is 2.65. The number of hydrogen-bond acceptors (Lipinski definition) is 2. The van der Waals surface area contributed by atoms with Crippen LogP contribution in [0.4, 0.5) is 0 Å². The number of phenolic OH excluding ortho intramolecular Hbond substituents is 1. The first kappa shape index (κ1) is 11.0. The molecule has 0 bridgehead atoms. The second-order valence-corrected chi connectivity index (χ2v) is 4.51. The van der Waals surface area contributed by atoms with Gasteiger partial charge in [-0.15, -0.1) is 0 Å². The summed E-state index contributed by atoms with van der Waals surface area (Å²) in [6, 6.07) is 3.28. The van der Waals surface area contributed by atoms with Crippen molar-refractivity contribution in [1.29, 1.82) is 0 Å². The second kappa shape index (κ2) is 3.52. The molecule has 0 spiro atoms. The van der Waals surface area contributed by atoms with Gasteiger partial charge in [0, 0.05) is 18.5 Å². The molecular formula is C11H10BrNO3. The molecular weight excluding hydrogens is 274 g/mol. The maximum Gasteiger partial charge on any atom is 0.352 e. The fourth-order valence-electron chi connectivity index (χ4n) is 1.93. The first-order valence-electron chi connectivity index (χ1n) is 4.64. The highest BCUT2D eigenvalue weighted by Gasteiger charge is 2.18. The number of halogens is 1. The zero-order chi connectivity index (χ0) is 12.0. The Morgan fingerprint density at radius 1 is 1.44 bits per heavy atom. The molecule has 2 aromatic rings. The summed E-state index contributed by atoms with van der Waals surface area (Å²) in [5, 5.41) is 19.5. The van der Waals surface area contributed by atoms with E-state index in [9.17, 15) is 9.90 Å². The van der Waals surface area contributed by atoms with Crippen LogP contribution in [-0.4, -0.2) is 20.7 Å². The van der Waals surface area contributed by atoms with Crippen LogP contribution in [0.5, 0.6) is 5.75 Å². The van der Waals surface area contributed by atoms with Gasteiger partial charge in [-0.25, -0.2) is 4.79 Å². The number of carboxylic acid groups (broad SMARTS) is 1. The summed E-state index contributed by atoms with van der Waals surface area (Å²) >= 11 is 3.21. The molecule has 0 radical (unpaired) electrons. The highest BCUT2D eigenvalue weighted by Crippen LogP contribution is 2.33. The van der Waals surface area contributed by atoms with Gasteiger partial charge in [0.15, 0.2) is 0 Å². The third kappa shape index (κ3) is 1.39. The van der Waals surface area contributed by atoms with E-state index in [1.165, 1.54) is 0 Å². The van der Waals surface area contributed by atoms with Gasteiger partial charge in [0.05, 0.1) is 9.99 Å². The van der Waals surface area contributed by atoms with Crippen LogP contribution < -0.4 is 0 Å². The summed E-state index contributed by atoms with van der Waals surface area (Å²) < 4.78 is 2.13. The molecule has 4 nitrogen and oxygen atoms in total. The Morgan fingerprint density at radius 2 is 2.06 bits per heavy atom. The monoisotopic (exact) mass is 283 g/mol. The Bertz CT molecular complexity index is 556. The Labute approximate surface area is 100 Å². The smallest absolute Gasteiger partial charge is 0.352 e. The lowest BCUT2D eigenvalue weighted by Gasteiger charge is -2.00. The highest BCUT2D eigenvalue weighted by molar-refractivity contribution is 9.10. The average Bonchev–Trinajstić information content (AvgIpc) is 2.41. The Morgan fingerprint density at radius 3 is 2.62 bits per heavy atom. The predicted molar refractivity (Wildman–Crippen MR) is 64.0 cm³/mol. The van der Waals surface area contributed by atoms with E-state index in [1.54, 1.807) is 30.7 Å². The van der Waals surface area contributed by atoms with Gasteiger partial charge in [-0.05, 0) is 34.5 Å². The van der Waals surface area contributed by atoms with Crippen LogP contribution in [0.3, 0.4) is 0 Å².